The quantitative estimate of drug-likeness (QED) is 0.817. The maximum absolute atomic E-state index is 12.0. The number of hydrogen-bond donors (Lipinski definition) is 2. The molecule has 1 unspecified atom stereocenters. The Morgan fingerprint density at radius 2 is 1.83 bits per heavy atom. The minimum absolute atomic E-state index is 0.110. The SMILES string of the molecule is CC(OC(=O)c1cccnc1)C(=O)Nc1ccc(C(=O)O)cc1. The van der Waals surface area contributed by atoms with Crippen LogP contribution in [0.5, 0.6) is 0 Å². The normalized spacial score (nSPS) is 11.3. The van der Waals surface area contributed by atoms with Crippen molar-refractivity contribution in [1.82, 2.24) is 4.98 Å². The van der Waals surface area contributed by atoms with E-state index in [4.69, 9.17) is 9.84 Å². The molecule has 0 saturated heterocycles. The van der Waals surface area contributed by atoms with Crippen LogP contribution in [0.1, 0.15) is 27.6 Å². The number of ether oxygens (including phenoxy) is 1. The van der Waals surface area contributed by atoms with Crippen molar-refractivity contribution in [2.24, 2.45) is 0 Å². The lowest BCUT2D eigenvalue weighted by atomic mass is 10.2. The van der Waals surface area contributed by atoms with Crippen LogP contribution in [0.25, 0.3) is 0 Å². The molecule has 1 aromatic heterocycles. The highest BCUT2D eigenvalue weighted by Gasteiger charge is 2.19. The van der Waals surface area contributed by atoms with Gasteiger partial charge in [0.2, 0.25) is 0 Å². The third-order valence-electron chi connectivity index (χ3n) is 2.95. The van der Waals surface area contributed by atoms with Gasteiger partial charge in [0.15, 0.2) is 6.10 Å². The molecular weight excluding hydrogens is 300 g/mol. The first-order valence-electron chi connectivity index (χ1n) is 6.72. The summed E-state index contributed by atoms with van der Waals surface area (Å²) >= 11 is 0. The van der Waals surface area contributed by atoms with E-state index in [0.29, 0.717) is 5.69 Å². The molecule has 1 atom stereocenters. The van der Waals surface area contributed by atoms with Crippen molar-refractivity contribution in [1.29, 1.82) is 0 Å². The van der Waals surface area contributed by atoms with Crippen LogP contribution >= 0.6 is 0 Å². The van der Waals surface area contributed by atoms with Crippen LogP contribution in [0, 0.1) is 0 Å². The summed E-state index contributed by atoms with van der Waals surface area (Å²) in [5, 5.41) is 11.3. The number of hydrogen-bond acceptors (Lipinski definition) is 5. The second-order valence-corrected chi connectivity index (χ2v) is 4.66. The molecule has 23 heavy (non-hydrogen) atoms. The zero-order valence-corrected chi connectivity index (χ0v) is 12.2. The summed E-state index contributed by atoms with van der Waals surface area (Å²) < 4.78 is 5.05. The molecule has 1 heterocycles. The smallest absolute Gasteiger partial charge is 0.340 e. The molecule has 0 aliphatic heterocycles. The molecule has 2 aromatic rings. The fraction of sp³-hybridized carbons (Fsp3) is 0.125. The van der Waals surface area contributed by atoms with Crippen LogP contribution in [-0.4, -0.2) is 34.0 Å². The Hall–Kier alpha value is -3.22. The monoisotopic (exact) mass is 314 g/mol. The van der Waals surface area contributed by atoms with Crippen LogP contribution in [0.15, 0.2) is 48.8 Å². The molecule has 1 aromatic carbocycles. The number of benzene rings is 1. The molecule has 1 amide bonds. The van der Waals surface area contributed by atoms with Crippen LogP contribution in [-0.2, 0) is 9.53 Å². The van der Waals surface area contributed by atoms with E-state index < -0.39 is 23.9 Å². The Balaban J connectivity index is 1.94. The number of esters is 1. The van der Waals surface area contributed by atoms with E-state index in [1.165, 1.54) is 49.6 Å². The molecule has 7 nitrogen and oxygen atoms in total. The van der Waals surface area contributed by atoms with E-state index in [1.54, 1.807) is 6.07 Å². The lowest BCUT2D eigenvalue weighted by molar-refractivity contribution is -0.123. The molecule has 0 fully saturated rings. The number of nitrogens with one attached hydrogen (secondary N) is 1. The average Bonchev–Trinajstić information content (AvgIpc) is 2.56. The highest BCUT2D eigenvalue weighted by atomic mass is 16.5. The molecule has 0 aliphatic rings. The van der Waals surface area contributed by atoms with Crippen molar-refractivity contribution in [3.8, 4) is 0 Å². The molecule has 2 N–H and O–H groups in total. The Bertz CT molecular complexity index is 713. The fourth-order valence-corrected chi connectivity index (χ4v) is 1.71. The van der Waals surface area contributed by atoms with Crippen LogP contribution < -0.4 is 5.32 Å². The van der Waals surface area contributed by atoms with Crippen LogP contribution in [0.3, 0.4) is 0 Å². The third kappa shape index (κ3) is 4.37. The van der Waals surface area contributed by atoms with Gasteiger partial charge < -0.3 is 15.2 Å². The summed E-state index contributed by atoms with van der Waals surface area (Å²) in [6.45, 7) is 1.44. The van der Waals surface area contributed by atoms with Crippen LogP contribution in [0.2, 0.25) is 0 Å². The number of amides is 1. The summed E-state index contributed by atoms with van der Waals surface area (Å²) in [5.74, 6) is -2.23. The number of anilines is 1. The van der Waals surface area contributed by atoms with Gasteiger partial charge in [0.25, 0.3) is 5.91 Å². The number of carbonyl (C=O) groups excluding carboxylic acids is 2. The van der Waals surface area contributed by atoms with Gasteiger partial charge in [-0.2, -0.15) is 0 Å². The van der Waals surface area contributed by atoms with Gasteiger partial charge in [-0.3, -0.25) is 9.78 Å². The number of aromatic carboxylic acids is 1. The molecule has 0 aliphatic carbocycles. The molecule has 0 saturated carbocycles. The van der Waals surface area contributed by atoms with Gasteiger partial charge in [0.1, 0.15) is 0 Å². The van der Waals surface area contributed by atoms with Crippen molar-refractivity contribution in [3.63, 3.8) is 0 Å². The predicted molar refractivity (Wildman–Crippen MR) is 81.1 cm³/mol. The van der Waals surface area contributed by atoms with Crippen molar-refractivity contribution in [2.45, 2.75) is 13.0 Å². The van der Waals surface area contributed by atoms with Gasteiger partial charge in [-0.25, -0.2) is 9.59 Å². The summed E-state index contributed by atoms with van der Waals surface area (Å²) in [6.07, 6.45) is 1.85. The first-order chi connectivity index (χ1) is 11.0. The molecule has 7 heteroatoms. The first-order valence-corrected chi connectivity index (χ1v) is 6.72. The molecule has 0 spiro atoms. The van der Waals surface area contributed by atoms with Crippen molar-refractivity contribution in [3.05, 3.63) is 59.9 Å². The third-order valence-corrected chi connectivity index (χ3v) is 2.95. The van der Waals surface area contributed by atoms with E-state index in [-0.39, 0.29) is 11.1 Å². The summed E-state index contributed by atoms with van der Waals surface area (Å²) in [5.41, 5.74) is 0.765. The standard InChI is InChI=1S/C16H14N2O5/c1-10(23-16(22)12-3-2-8-17-9-12)14(19)18-13-6-4-11(5-7-13)15(20)21/h2-10H,1H3,(H,18,19)(H,20,21). The van der Waals surface area contributed by atoms with Gasteiger partial charge in [-0.05, 0) is 43.3 Å². The number of carboxylic acid groups (broad SMARTS) is 1. The highest BCUT2D eigenvalue weighted by molar-refractivity contribution is 5.97. The van der Waals surface area contributed by atoms with Gasteiger partial charge in [0.05, 0.1) is 11.1 Å². The number of rotatable bonds is 5. The van der Waals surface area contributed by atoms with E-state index in [1.807, 2.05) is 0 Å². The van der Waals surface area contributed by atoms with Gasteiger partial charge in [-0.1, -0.05) is 0 Å². The van der Waals surface area contributed by atoms with E-state index in [0.717, 1.165) is 0 Å². The zero-order valence-electron chi connectivity index (χ0n) is 12.2. The Kier molecular flexibility index (Phi) is 5.03. The maximum atomic E-state index is 12.0. The summed E-state index contributed by atoms with van der Waals surface area (Å²) in [6, 6.07) is 8.76. The average molecular weight is 314 g/mol. The van der Waals surface area contributed by atoms with E-state index in [2.05, 4.69) is 10.3 Å². The molecular formula is C16H14N2O5. The second-order valence-electron chi connectivity index (χ2n) is 4.66. The number of carbonyl (C=O) groups is 3. The van der Waals surface area contributed by atoms with E-state index >= 15 is 0 Å². The van der Waals surface area contributed by atoms with Gasteiger partial charge in [0, 0.05) is 18.1 Å². The minimum Gasteiger partial charge on any atom is -0.478 e. The molecule has 118 valence electrons. The topological polar surface area (TPSA) is 106 Å². The fourth-order valence-electron chi connectivity index (χ4n) is 1.71. The van der Waals surface area contributed by atoms with Gasteiger partial charge >= 0.3 is 11.9 Å². The van der Waals surface area contributed by atoms with Gasteiger partial charge in [-0.15, -0.1) is 0 Å². The van der Waals surface area contributed by atoms with Crippen molar-refractivity contribution < 1.29 is 24.2 Å². The number of pyridine rings is 1. The largest absolute Gasteiger partial charge is 0.478 e. The lowest BCUT2D eigenvalue weighted by Crippen LogP contribution is -2.30. The maximum Gasteiger partial charge on any atom is 0.340 e. The van der Waals surface area contributed by atoms with Crippen molar-refractivity contribution >= 4 is 23.5 Å². The zero-order chi connectivity index (χ0) is 16.8. The minimum atomic E-state index is -1.05. The lowest BCUT2D eigenvalue weighted by Gasteiger charge is -2.13. The number of aromatic nitrogens is 1. The molecule has 0 bridgehead atoms. The molecule has 0 radical (unpaired) electrons. The predicted octanol–water partition coefficient (Wildman–Crippen LogP) is 1.96. The first kappa shape index (κ1) is 16.2. The Labute approximate surface area is 131 Å². The number of carboxylic acids is 1. The highest BCUT2D eigenvalue weighted by Crippen LogP contribution is 2.11. The Morgan fingerprint density at radius 3 is 2.39 bits per heavy atom. The summed E-state index contributed by atoms with van der Waals surface area (Å²) in [7, 11) is 0. The van der Waals surface area contributed by atoms with Crippen molar-refractivity contribution in [2.75, 3.05) is 5.32 Å². The number of nitrogens with zero attached hydrogens (tertiary/aromatic N) is 1. The second kappa shape index (κ2) is 7.17. The van der Waals surface area contributed by atoms with E-state index in [9.17, 15) is 14.4 Å². The van der Waals surface area contributed by atoms with Crippen LogP contribution in [0.4, 0.5) is 5.69 Å². The Morgan fingerprint density at radius 1 is 1.13 bits per heavy atom. The summed E-state index contributed by atoms with van der Waals surface area (Å²) in [4.78, 5) is 38.3. The molecule has 2 rings (SSSR count).